The van der Waals surface area contributed by atoms with Gasteiger partial charge in [0.15, 0.2) is 5.76 Å². The topological polar surface area (TPSA) is 96.1 Å². The van der Waals surface area contributed by atoms with E-state index in [0.29, 0.717) is 17.1 Å². The summed E-state index contributed by atoms with van der Waals surface area (Å²) in [6.45, 7) is 0.175. The van der Waals surface area contributed by atoms with Crippen LogP contribution < -0.4 is 5.69 Å². The number of hydrogen-bond acceptors (Lipinski definition) is 5. The number of hydrogen-bond donors (Lipinski definition) is 0. The Morgan fingerprint density at radius 3 is 2.79 bits per heavy atom. The maximum absolute atomic E-state index is 12.7. The first kappa shape index (κ1) is 14.4. The molecule has 0 unspecified atom stereocenters. The first-order chi connectivity index (χ1) is 11.6. The minimum atomic E-state index is -0.455. The van der Waals surface area contributed by atoms with Gasteiger partial charge in [0.1, 0.15) is 0 Å². The van der Waals surface area contributed by atoms with Gasteiger partial charge in [-0.1, -0.05) is 12.1 Å². The molecule has 0 atom stereocenters. The zero-order chi connectivity index (χ0) is 16.7. The van der Waals surface area contributed by atoms with Crippen LogP contribution in [0.1, 0.15) is 24.4 Å². The molecule has 1 saturated carbocycles. The van der Waals surface area contributed by atoms with Gasteiger partial charge in [0.25, 0.3) is 5.69 Å². The van der Waals surface area contributed by atoms with E-state index in [1.165, 1.54) is 23.1 Å². The van der Waals surface area contributed by atoms with Crippen LogP contribution in [-0.2, 0) is 6.54 Å². The summed E-state index contributed by atoms with van der Waals surface area (Å²) in [5, 5.41) is 15.3. The largest absolute Gasteiger partial charge is 0.461 e. The van der Waals surface area contributed by atoms with Crippen LogP contribution in [0.2, 0.25) is 0 Å². The summed E-state index contributed by atoms with van der Waals surface area (Å²) in [6.07, 6.45) is 3.42. The molecule has 122 valence electrons. The minimum Gasteiger partial charge on any atom is -0.461 e. The third-order valence-corrected chi connectivity index (χ3v) is 3.98. The highest BCUT2D eigenvalue weighted by atomic mass is 16.6. The Morgan fingerprint density at radius 2 is 2.12 bits per heavy atom. The van der Waals surface area contributed by atoms with Gasteiger partial charge >= 0.3 is 5.69 Å². The van der Waals surface area contributed by atoms with Crippen molar-refractivity contribution in [1.29, 1.82) is 0 Å². The van der Waals surface area contributed by atoms with E-state index in [9.17, 15) is 14.9 Å². The fourth-order valence-electron chi connectivity index (χ4n) is 2.70. The number of aromatic nitrogens is 3. The average Bonchev–Trinajstić information content (AvgIpc) is 3.15. The highest BCUT2D eigenvalue weighted by Gasteiger charge is 2.31. The number of non-ortho nitro benzene ring substituents is 1. The second-order valence-corrected chi connectivity index (χ2v) is 5.77. The summed E-state index contributed by atoms with van der Waals surface area (Å²) in [5.74, 6) is 1.04. The first-order valence-electron chi connectivity index (χ1n) is 7.60. The number of furan rings is 1. The molecular formula is C16H14N4O4. The molecular weight excluding hydrogens is 312 g/mol. The number of nitrogens with zero attached hydrogens (tertiary/aromatic N) is 4. The molecule has 0 spiro atoms. The van der Waals surface area contributed by atoms with E-state index in [1.807, 2.05) is 0 Å². The van der Waals surface area contributed by atoms with Gasteiger partial charge in [0.05, 0.1) is 17.7 Å². The van der Waals surface area contributed by atoms with Crippen LogP contribution in [0.15, 0.2) is 51.9 Å². The van der Waals surface area contributed by atoms with Gasteiger partial charge in [0, 0.05) is 18.2 Å². The van der Waals surface area contributed by atoms with Crippen LogP contribution in [0.3, 0.4) is 0 Å². The molecule has 2 aromatic heterocycles. The zero-order valence-electron chi connectivity index (χ0n) is 12.7. The second kappa shape index (κ2) is 5.48. The molecule has 0 N–H and O–H groups in total. The molecule has 3 aromatic rings. The lowest BCUT2D eigenvalue weighted by atomic mass is 10.2. The van der Waals surface area contributed by atoms with E-state index in [-0.39, 0.29) is 24.0 Å². The molecule has 1 aromatic carbocycles. The minimum absolute atomic E-state index is 0.00608. The van der Waals surface area contributed by atoms with Crippen LogP contribution in [0, 0.1) is 10.1 Å². The number of benzene rings is 1. The first-order valence-corrected chi connectivity index (χ1v) is 7.60. The van der Waals surface area contributed by atoms with Crippen LogP contribution in [0.4, 0.5) is 5.69 Å². The molecule has 1 aliphatic carbocycles. The molecule has 8 nitrogen and oxygen atoms in total. The molecule has 0 saturated heterocycles. The van der Waals surface area contributed by atoms with Gasteiger partial charge in [-0.2, -0.15) is 0 Å². The predicted molar refractivity (Wildman–Crippen MR) is 84.7 cm³/mol. The molecule has 0 amide bonds. The van der Waals surface area contributed by atoms with Crippen molar-refractivity contribution in [3.63, 3.8) is 0 Å². The smallest absolute Gasteiger partial charge is 0.346 e. The summed E-state index contributed by atoms with van der Waals surface area (Å²) in [5.41, 5.74) is 0.418. The molecule has 4 rings (SSSR count). The van der Waals surface area contributed by atoms with Crippen molar-refractivity contribution in [1.82, 2.24) is 14.3 Å². The summed E-state index contributed by atoms with van der Waals surface area (Å²) in [6, 6.07) is 9.87. The predicted octanol–water partition coefficient (Wildman–Crippen LogP) is 2.60. The Bertz CT molecular complexity index is 951. The van der Waals surface area contributed by atoms with Gasteiger partial charge in [-0.3, -0.25) is 14.7 Å². The molecule has 0 bridgehead atoms. The van der Waals surface area contributed by atoms with Crippen LogP contribution in [0.25, 0.3) is 11.6 Å². The summed E-state index contributed by atoms with van der Waals surface area (Å²) in [4.78, 5) is 23.1. The number of nitro benzene ring substituents is 1. The maximum Gasteiger partial charge on any atom is 0.346 e. The zero-order valence-corrected chi connectivity index (χ0v) is 12.7. The second-order valence-electron chi connectivity index (χ2n) is 5.77. The molecule has 0 radical (unpaired) electrons. The third kappa shape index (κ3) is 2.51. The highest BCUT2D eigenvalue weighted by molar-refractivity contribution is 5.46. The van der Waals surface area contributed by atoms with Crippen molar-refractivity contribution in [2.45, 2.75) is 25.4 Å². The molecule has 1 fully saturated rings. The van der Waals surface area contributed by atoms with Crippen molar-refractivity contribution in [3.05, 3.63) is 68.8 Å². The Morgan fingerprint density at radius 1 is 1.29 bits per heavy atom. The van der Waals surface area contributed by atoms with Crippen molar-refractivity contribution in [2.75, 3.05) is 0 Å². The van der Waals surface area contributed by atoms with Crippen LogP contribution >= 0.6 is 0 Å². The normalized spacial score (nSPS) is 14.0. The van der Waals surface area contributed by atoms with Crippen molar-refractivity contribution in [3.8, 4) is 11.6 Å². The Kier molecular flexibility index (Phi) is 3.30. The van der Waals surface area contributed by atoms with Crippen molar-refractivity contribution >= 4 is 5.69 Å². The maximum atomic E-state index is 12.7. The summed E-state index contributed by atoms with van der Waals surface area (Å²) < 4.78 is 8.36. The third-order valence-electron chi connectivity index (χ3n) is 3.98. The Labute approximate surface area is 136 Å². The fourth-order valence-corrected chi connectivity index (χ4v) is 2.70. The van der Waals surface area contributed by atoms with Gasteiger partial charge in [-0.15, -0.1) is 5.10 Å². The molecule has 24 heavy (non-hydrogen) atoms. The molecule has 8 heteroatoms. The summed E-state index contributed by atoms with van der Waals surface area (Å²) >= 11 is 0. The lowest BCUT2D eigenvalue weighted by Gasteiger charge is -2.00. The van der Waals surface area contributed by atoms with E-state index >= 15 is 0 Å². The van der Waals surface area contributed by atoms with Gasteiger partial charge < -0.3 is 4.42 Å². The monoisotopic (exact) mass is 326 g/mol. The average molecular weight is 326 g/mol. The van der Waals surface area contributed by atoms with Crippen LogP contribution in [0.5, 0.6) is 0 Å². The van der Waals surface area contributed by atoms with Crippen LogP contribution in [-0.4, -0.2) is 19.3 Å². The Balaban J connectivity index is 1.74. The van der Waals surface area contributed by atoms with E-state index in [4.69, 9.17) is 4.42 Å². The number of nitro groups is 1. The van der Waals surface area contributed by atoms with Gasteiger partial charge in [0.2, 0.25) is 5.82 Å². The SMILES string of the molecule is O=c1n(Cc2cccc([N+](=O)[O-])c2)nc(-c2ccco2)n1C1CC1. The van der Waals surface area contributed by atoms with E-state index in [1.54, 1.807) is 28.8 Å². The quantitative estimate of drug-likeness (QED) is 0.530. The molecule has 1 aliphatic rings. The summed E-state index contributed by atoms with van der Waals surface area (Å²) in [7, 11) is 0. The van der Waals surface area contributed by atoms with E-state index in [0.717, 1.165) is 12.8 Å². The highest BCUT2D eigenvalue weighted by Crippen LogP contribution is 2.36. The molecule has 2 heterocycles. The van der Waals surface area contributed by atoms with Crippen molar-refractivity contribution < 1.29 is 9.34 Å². The van der Waals surface area contributed by atoms with E-state index in [2.05, 4.69) is 5.10 Å². The van der Waals surface area contributed by atoms with Crippen molar-refractivity contribution in [2.24, 2.45) is 0 Å². The van der Waals surface area contributed by atoms with E-state index < -0.39 is 4.92 Å². The fraction of sp³-hybridized carbons (Fsp3) is 0.250. The van der Waals surface area contributed by atoms with Gasteiger partial charge in [-0.25, -0.2) is 9.48 Å². The number of rotatable bonds is 5. The Hall–Kier alpha value is -3.16. The lowest BCUT2D eigenvalue weighted by molar-refractivity contribution is -0.384. The molecule has 0 aliphatic heterocycles. The van der Waals surface area contributed by atoms with Gasteiger partial charge in [-0.05, 0) is 30.5 Å². The standard InChI is InChI=1S/C16H14N4O4/c21-16-18(10-11-3-1-4-13(9-11)20(22)23)17-15(14-5-2-8-24-14)19(16)12-6-7-12/h1-5,8-9,12H,6-7,10H2. The lowest BCUT2D eigenvalue weighted by Crippen LogP contribution is -2.25.